The molecule has 21 heavy (non-hydrogen) atoms. The molecule has 1 aromatic rings. The quantitative estimate of drug-likeness (QED) is 0.880. The minimum Gasteiger partial charge on any atom is -0.348 e. The standard InChI is InChI=1S/C16H26N4O/c1-19-11-6-13(7-12-19)18-16(21)15-3-2-10-20(15)14-4-8-17-9-5-14/h2-3,10,13-14,17H,4-9,11-12H2,1H3,(H,18,21). The Labute approximate surface area is 126 Å². The van der Waals surface area contributed by atoms with E-state index < -0.39 is 0 Å². The third-order valence-electron chi connectivity index (χ3n) is 4.77. The molecule has 0 spiro atoms. The fourth-order valence-electron chi connectivity index (χ4n) is 3.40. The molecule has 2 N–H and O–H groups in total. The Morgan fingerprint density at radius 3 is 2.67 bits per heavy atom. The molecule has 0 unspecified atom stereocenters. The number of amides is 1. The van der Waals surface area contributed by atoms with E-state index in [2.05, 4.69) is 33.3 Å². The maximum atomic E-state index is 12.6. The van der Waals surface area contributed by atoms with E-state index in [4.69, 9.17) is 0 Å². The van der Waals surface area contributed by atoms with Gasteiger partial charge in [0, 0.05) is 18.3 Å². The molecule has 5 nitrogen and oxygen atoms in total. The van der Waals surface area contributed by atoms with Crippen LogP contribution in [0.4, 0.5) is 0 Å². The lowest BCUT2D eigenvalue weighted by Gasteiger charge is -2.30. The first-order valence-corrected chi connectivity index (χ1v) is 8.11. The molecule has 0 atom stereocenters. The SMILES string of the molecule is CN1CCC(NC(=O)c2cccn2C2CCNCC2)CC1. The average molecular weight is 290 g/mol. The molecule has 116 valence electrons. The van der Waals surface area contributed by atoms with E-state index in [1.165, 1.54) is 0 Å². The number of rotatable bonds is 3. The second kappa shape index (κ2) is 6.62. The van der Waals surface area contributed by atoms with Gasteiger partial charge < -0.3 is 20.1 Å². The van der Waals surface area contributed by atoms with Crippen LogP contribution in [0.1, 0.15) is 42.2 Å². The van der Waals surface area contributed by atoms with Crippen molar-refractivity contribution in [3.05, 3.63) is 24.0 Å². The molecule has 2 aliphatic heterocycles. The van der Waals surface area contributed by atoms with Crippen LogP contribution < -0.4 is 10.6 Å². The summed E-state index contributed by atoms with van der Waals surface area (Å²) in [5, 5.41) is 6.60. The number of nitrogens with one attached hydrogen (secondary N) is 2. The summed E-state index contributed by atoms with van der Waals surface area (Å²) in [6.45, 7) is 4.22. The molecule has 0 saturated carbocycles. The Balaban J connectivity index is 1.63. The smallest absolute Gasteiger partial charge is 0.268 e. The van der Waals surface area contributed by atoms with Gasteiger partial charge in [-0.05, 0) is 71.0 Å². The summed E-state index contributed by atoms with van der Waals surface area (Å²) in [5.41, 5.74) is 0.820. The predicted molar refractivity (Wildman–Crippen MR) is 83.6 cm³/mol. The van der Waals surface area contributed by atoms with Crippen molar-refractivity contribution in [2.45, 2.75) is 37.8 Å². The van der Waals surface area contributed by atoms with Crippen LogP contribution in [-0.2, 0) is 0 Å². The number of likely N-dealkylation sites (tertiary alicyclic amines) is 1. The summed E-state index contributed by atoms with van der Waals surface area (Å²) in [5.74, 6) is 0.0908. The van der Waals surface area contributed by atoms with E-state index in [1.807, 2.05) is 12.1 Å². The monoisotopic (exact) mass is 290 g/mol. The Kier molecular flexibility index (Phi) is 4.60. The molecular weight excluding hydrogens is 264 g/mol. The van der Waals surface area contributed by atoms with Gasteiger partial charge in [0.2, 0.25) is 0 Å². The summed E-state index contributed by atoms with van der Waals surface area (Å²) in [4.78, 5) is 14.9. The highest BCUT2D eigenvalue weighted by atomic mass is 16.2. The van der Waals surface area contributed by atoms with Crippen LogP contribution in [0, 0.1) is 0 Å². The van der Waals surface area contributed by atoms with Crippen LogP contribution in [0.25, 0.3) is 0 Å². The first-order chi connectivity index (χ1) is 10.2. The Hall–Kier alpha value is -1.33. The maximum Gasteiger partial charge on any atom is 0.268 e. The highest BCUT2D eigenvalue weighted by molar-refractivity contribution is 5.93. The number of nitrogens with zero attached hydrogens (tertiary/aromatic N) is 2. The predicted octanol–water partition coefficient (Wildman–Crippen LogP) is 1.24. The zero-order valence-corrected chi connectivity index (χ0v) is 12.8. The van der Waals surface area contributed by atoms with E-state index in [0.29, 0.717) is 12.1 Å². The number of hydrogen-bond donors (Lipinski definition) is 2. The molecule has 3 heterocycles. The second-order valence-electron chi connectivity index (χ2n) is 6.33. The summed E-state index contributed by atoms with van der Waals surface area (Å²) < 4.78 is 2.17. The summed E-state index contributed by atoms with van der Waals surface area (Å²) in [6, 6.07) is 4.72. The fraction of sp³-hybridized carbons (Fsp3) is 0.688. The third kappa shape index (κ3) is 3.47. The van der Waals surface area contributed by atoms with Crippen LogP contribution in [0.3, 0.4) is 0 Å². The molecule has 0 bridgehead atoms. The van der Waals surface area contributed by atoms with Gasteiger partial charge in [0.25, 0.3) is 5.91 Å². The van der Waals surface area contributed by atoms with Crippen LogP contribution >= 0.6 is 0 Å². The number of carbonyl (C=O) groups is 1. The number of aromatic nitrogens is 1. The molecule has 0 aliphatic carbocycles. The van der Waals surface area contributed by atoms with Crippen molar-refractivity contribution in [3.8, 4) is 0 Å². The molecule has 2 saturated heterocycles. The van der Waals surface area contributed by atoms with Crippen molar-refractivity contribution in [2.75, 3.05) is 33.2 Å². The highest BCUT2D eigenvalue weighted by Gasteiger charge is 2.23. The Morgan fingerprint density at radius 2 is 1.95 bits per heavy atom. The second-order valence-corrected chi connectivity index (χ2v) is 6.33. The van der Waals surface area contributed by atoms with Gasteiger partial charge in [0.05, 0.1) is 0 Å². The molecular formula is C16H26N4O. The van der Waals surface area contributed by atoms with Gasteiger partial charge in [-0.3, -0.25) is 4.79 Å². The lowest BCUT2D eigenvalue weighted by molar-refractivity contribution is 0.0904. The topological polar surface area (TPSA) is 49.3 Å². The normalized spacial score (nSPS) is 22.3. The van der Waals surface area contributed by atoms with Crippen molar-refractivity contribution >= 4 is 5.91 Å². The van der Waals surface area contributed by atoms with Crippen molar-refractivity contribution in [2.24, 2.45) is 0 Å². The van der Waals surface area contributed by atoms with Gasteiger partial charge in [0.15, 0.2) is 0 Å². The maximum absolute atomic E-state index is 12.6. The van der Waals surface area contributed by atoms with E-state index in [9.17, 15) is 4.79 Å². The van der Waals surface area contributed by atoms with E-state index >= 15 is 0 Å². The summed E-state index contributed by atoms with van der Waals surface area (Å²) in [6.07, 6.45) is 6.36. The first-order valence-electron chi connectivity index (χ1n) is 8.11. The largest absolute Gasteiger partial charge is 0.348 e. The van der Waals surface area contributed by atoms with Gasteiger partial charge >= 0.3 is 0 Å². The molecule has 5 heteroatoms. The van der Waals surface area contributed by atoms with Gasteiger partial charge in [-0.25, -0.2) is 0 Å². The molecule has 2 aliphatic rings. The van der Waals surface area contributed by atoms with Crippen LogP contribution in [0.5, 0.6) is 0 Å². The third-order valence-corrected chi connectivity index (χ3v) is 4.77. The molecule has 3 rings (SSSR count). The molecule has 0 aromatic carbocycles. The van der Waals surface area contributed by atoms with Crippen LogP contribution in [0.15, 0.2) is 18.3 Å². The zero-order valence-electron chi connectivity index (χ0n) is 12.8. The first kappa shape index (κ1) is 14.6. The summed E-state index contributed by atoms with van der Waals surface area (Å²) >= 11 is 0. The molecule has 2 fully saturated rings. The van der Waals surface area contributed by atoms with Crippen molar-refractivity contribution in [1.29, 1.82) is 0 Å². The average Bonchev–Trinajstić information content (AvgIpc) is 3.00. The van der Waals surface area contributed by atoms with Crippen molar-refractivity contribution < 1.29 is 4.79 Å². The van der Waals surface area contributed by atoms with Crippen LogP contribution in [-0.4, -0.2) is 54.6 Å². The van der Waals surface area contributed by atoms with Crippen molar-refractivity contribution in [1.82, 2.24) is 20.1 Å². The molecule has 1 aromatic heterocycles. The van der Waals surface area contributed by atoms with E-state index in [-0.39, 0.29) is 5.91 Å². The molecule has 0 radical (unpaired) electrons. The highest BCUT2D eigenvalue weighted by Crippen LogP contribution is 2.21. The van der Waals surface area contributed by atoms with E-state index in [0.717, 1.165) is 57.6 Å². The number of piperidine rings is 2. The number of hydrogen-bond acceptors (Lipinski definition) is 3. The van der Waals surface area contributed by atoms with Gasteiger partial charge in [-0.2, -0.15) is 0 Å². The lowest BCUT2D eigenvalue weighted by Crippen LogP contribution is -2.44. The van der Waals surface area contributed by atoms with Crippen molar-refractivity contribution in [3.63, 3.8) is 0 Å². The Morgan fingerprint density at radius 1 is 1.24 bits per heavy atom. The fourth-order valence-corrected chi connectivity index (χ4v) is 3.40. The molecule has 1 amide bonds. The number of carbonyl (C=O) groups excluding carboxylic acids is 1. The minimum absolute atomic E-state index is 0.0908. The Bertz CT molecular complexity index is 470. The van der Waals surface area contributed by atoms with Gasteiger partial charge in [0.1, 0.15) is 5.69 Å². The van der Waals surface area contributed by atoms with Gasteiger partial charge in [-0.15, -0.1) is 0 Å². The van der Waals surface area contributed by atoms with Gasteiger partial charge in [-0.1, -0.05) is 0 Å². The van der Waals surface area contributed by atoms with E-state index in [1.54, 1.807) is 0 Å². The minimum atomic E-state index is 0.0908. The van der Waals surface area contributed by atoms with Crippen LogP contribution in [0.2, 0.25) is 0 Å². The summed E-state index contributed by atoms with van der Waals surface area (Å²) in [7, 11) is 2.14. The lowest BCUT2D eigenvalue weighted by atomic mass is 10.0. The zero-order chi connectivity index (χ0) is 14.7.